The summed E-state index contributed by atoms with van der Waals surface area (Å²) in [5, 5.41) is 0. The Morgan fingerprint density at radius 1 is 1.14 bits per heavy atom. The van der Waals surface area contributed by atoms with E-state index >= 15 is 0 Å². The summed E-state index contributed by atoms with van der Waals surface area (Å²) in [6, 6.07) is 9.07. The zero-order valence-corrected chi connectivity index (χ0v) is 13.2. The number of unbranched alkanes of at least 4 members (excludes halogenated alkanes) is 2. The summed E-state index contributed by atoms with van der Waals surface area (Å²) < 4.78 is 31.1. The molecule has 0 spiro atoms. The lowest BCUT2D eigenvalue weighted by atomic mass is 10.2. The molecule has 0 bridgehead atoms. The summed E-state index contributed by atoms with van der Waals surface area (Å²) in [5.41, 5.74) is 0.771. The smallest absolute Gasteiger partial charge is 0.305 e. The van der Waals surface area contributed by atoms with Gasteiger partial charge in [-0.1, -0.05) is 36.8 Å². The highest BCUT2D eigenvalue weighted by Crippen LogP contribution is 2.05. The van der Waals surface area contributed by atoms with E-state index < -0.39 is 10.0 Å². The fraction of sp³-hybridized carbons (Fsp3) is 0.533. The van der Waals surface area contributed by atoms with Gasteiger partial charge in [-0.05, 0) is 25.3 Å². The maximum absolute atomic E-state index is 11.8. The van der Waals surface area contributed by atoms with Gasteiger partial charge in [-0.15, -0.1) is 0 Å². The number of sulfonamides is 1. The number of esters is 1. The molecular formula is C15H23NO4S. The van der Waals surface area contributed by atoms with Crippen LogP contribution in [0.3, 0.4) is 0 Å². The van der Waals surface area contributed by atoms with Gasteiger partial charge in [0.25, 0.3) is 0 Å². The molecular weight excluding hydrogens is 290 g/mol. The van der Waals surface area contributed by atoms with E-state index in [9.17, 15) is 13.2 Å². The molecule has 0 heterocycles. The largest absolute Gasteiger partial charge is 0.466 e. The van der Waals surface area contributed by atoms with Crippen LogP contribution in [-0.2, 0) is 25.3 Å². The molecule has 1 aromatic rings. The zero-order valence-electron chi connectivity index (χ0n) is 12.4. The lowest BCUT2D eigenvalue weighted by Crippen LogP contribution is -2.26. The van der Waals surface area contributed by atoms with Crippen molar-refractivity contribution in [2.24, 2.45) is 0 Å². The minimum atomic E-state index is -3.29. The second kappa shape index (κ2) is 9.52. The summed E-state index contributed by atoms with van der Waals surface area (Å²) in [6.45, 7) is 2.58. The van der Waals surface area contributed by atoms with E-state index in [-0.39, 0.29) is 11.7 Å². The zero-order chi connectivity index (χ0) is 15.6. The average Bonchev–Trinajstić information content (AvgIpc) is 2.43. The Bertz CT molecular complexity index is 514. The third-order valence-electron chi connectivity index (χ3n) is 2.88. The number of carbonyl (C=O) groups is 1. The summed E-state index contributed by atoms with van der Waals surface area (Å²) in [7, 11) is -3.29. The van der Waals surface area contributed by atoms with Crippen LogP contribution in [0.1, 0.15) is 38.2 Å². The molecule has 0 saturated carbocycles. The molecule has 0 amide bonds. The van der Waals surface area contributed by atoms with Gasteiger partial charge in [-0.25, -0.2) is 13.1 Å². The van der Waals surface area contributed by atoms with Crippen LogP contribution in [-0.4, -0.2) is 27.5 Å². The van der Waals surface area contributed by atoms with E-state index in [0.29, 0.717) is 26.0 Å². The highest BCUT2D eigenvalue weighted by atomic mass is 32.2. The normalized spacial score (nSPS) is 11.3. The molecule has 0 aliphatic carbocycles. The fourth-order valence-corrected chi connectivity index (χ4v) is 3.07. The van der Waals surface area contributed by atoms with E-state index in [1.807, 2.05) is 18.2 Å². The standard InChI is InChI=1S/C15H23NO4S/c1-2-20-15(17)11-7-4-8-12-16-21(18,19)13-14-9-5-3-6-10-14/h3,5-6,9-10,16H,2,4,7-8,11-13H2,1H3. The third-order valence-corrected chi connectivity index (χ3v) is 4.24. The van der Waals surface area contributed by atoms with Gasteiger partial charge in [0, 0.05) is 13.0 Å². The predicted octanol–water partition coefficient (Wildman–Crippen LogP) is 2.23. The van der Waals surface area contributed by atoms with E-state index in [4.69, 9.17) is 4.74 Å². The molecule has 21 heavy (non-hydrogen) atoms. The van der Waals surface area contributed by atoms with Crippen molar-refractivity contribution in [2.45, 2.75) is 38.4 Å². The van der Waals surface area contributed by atoms with Gasteiger partial charge >= 0.3 is 5.97 Å². The van der Waals surface area contributed by atoms with Gasteiger partial charge in [-0.3, -0.25) is 4.79 Å². The molecule has 0 radical (unpaired) electrons. The fourth-order valence-electron chi connectivity index (χ4n) is 1.88. The lowest BCUT2D eigenvalue weighted by molar-refractivity contribution is -0.143. The van der Waals surface area contributed by atoms with Crippen molar-refractivity contribution >= 4 is 16.0 Å². The average molecular weight is 313 g/mol. The van der Waals surface area contributed by atoms with Gasteiger partial charge in [0.1, 0.15) is 0 Å². The van der Waals surface area contributed by atoms with Crippen molar-refractivity contribution in [1.82, 2.24) is 4.72 Å². The maximum atomic E-state index is 11.8. The first-order valence-electron chi connectivity index (χ1n) is 7.20. The number of hydrogen-bond donors (Lipinski definition) is 1. The number of benzene rings is 1. The SMILES string of the molecule is CCOC(=O)CCCCCNS(=O)(=O)Cc1ccccc1. The molecule has 0 atom stereocenters. The third kappa shape index (κ3) is 8.47. The van der Waals surface area contributed by atoms with Gasteiger partial charge in [0.2, 0.25) is 10.0 Å². The highest BCUT2D eigenvalue weighted by molar-refractivity contribution is 7.88. The first-order chi connectivity index (χ1) is 10.0. The lowest BCUT2D eigenvalue weighted by Gasteiger charge is -2.07. The van der Waals surface area contributed by atoms with Crippen molar-refractivity contribution in [1.29, 1.82) is 0 Å². The molecule has 0 aliphatic rings. The van der Waals surface area contributed by atoms with Crippen molar-refractivity contribution in [3.63, 3.8) is 0 Å². The van der Waals surface area contributed by atoms with Crippen LogP contribution >= 0.6 is 0 Å². The predicted molar refractivity (Wildman–Crippen MR) is 82.2 cm³/mol. The number of rotatable bonds is 10. The quantitative estimate of drug-likeness (QED) is 0.531. The minimum Gasteiger partial charge on any atom is -0.466 e. The van der Waals surface area contributed by atoms with Gasteiger partial charge in [-0.2, -0.15) is 0 Å². The Kier molecular flexibility index (Phi) is 8.00. The van der Waals surface area contributed by atoms with Crippen molar-refractivity contribution in [2.75, 3.05) is 13.2 Å². The van der Waals surface area contributed by atoms with Crippen LogP contribution in [0.15, 0.2) is 30.3 Å². The van der Waals surface area contributed by atoms with Crippen LogP contribution in [0.5, 0.6) is 0 Å². The molecule has 1 aromatic carbocycles. The van der Waals surface area contributed by atoms with Crippen LogP contribution in [0.25, 0.3) is 0 Å². The highest BCUT2D eigenvalue weighted by Gasteiger charge is 2.10. The van der Waals surface area contributed by atoms with E-state index in [0.717, 1.165) is 18.4 Å². The first-order valence-corrected chi connectivity index (χ1v) is 8.85. The summed E-state index contributed by atoms with van der Waals surface area (Å²) >= 11 is 0. The molecule has 118 valence electrons. The van der Waals surface area contributed by atoms with E-state index in [2.05, 4.69) is 4.72 Å². The van der Waals surface area contributed by atoms with Crippen molar-refractivity contribution < 1.29 is 17.9 Å². The number of nitrogens with one attached hydrogen (secondary N) is 1. The maximum Gasteiger partial charge on any atom is 0.305 e. The molecule has 0 aliphatic heterocycles. The second-order valence-corrected chi connectivity index (χ2v) is 6.56. The molecule has 5 nitrogen and oxygen atoms in total. The van der Waals surface area contributed by atoms with E-state index in [1.54, 1.807) is 19.1 Å². The number of ether oxygens (including phenoxy) is 1. The van der Waals surface area contributed by atoms with Crippen LogP contribution < -0.4 is 4.72 Å². The van der Waals surface area contributed by atoms with Crippen LogP contribution in [0, 0.1) is 0 Å². The van der Waals surface area contributed by atoms with Gasteiger partial charge in [0.05, 0.1) is 12.4 Å². The first kappa shape index (κ1) is 17.7. The summed E-state index contributed by atoms with van der Waals surface area (Å²) in [6.07, 6.45) is 2.63. The van der Waals surface area contributed by atoms with Gasteiger partial charge < -0.3 is 4.74 Å². The van der Waals surface area contributed by atoms with Crippen molar-refractivity contribution in [3.05, 3.63) is 35.9 Å². The Balaban J connectivity index is 2.15. The molecule has 0 aromatic heterocycles. The Morgan fingerprint density at radius 2 is 1.86 bits per heavy atom. The Hall–Kier alpha value is -1.40. The number of carbonyl (C=O) groups excluding carboxylic acids is 1. The molecule has 1 N–H and O–H groups in total. The second-order valence-electron chi connectivity index (χ2n) is 4.75. The summed E-state index contributed by atoms with van der Waals surface area (Å²) in [4.78, 5) is 11.1. The topological polar surface area (TPSA) is 72.5 Å². The molecule has 0 fully saturated rings. The molecule has 0 saturated heterocycles. The molecule has 1 rings (SSSR count). The van der Waals surface area contributed by atoms with Gasteiger partial charge in [0.15, 0.2) is 0 Å². The van der Waals surface area contributed by atoms with Crippen LogP contribution in [0.4, 0.5) is 0 Å². The molecule has 0 unspecified atom stereocenters. The van der Waals surface area contributed by atoms with Crippen LogP contribution in [0.2, 0.25) is 0 Å². The monoisotopic (exact) mass is 313 g/mol. The molecule has 6 heteroatoms. The van der Waals surface area contributed by atoms with E-state index in [1.165, 1.54) is 0 Å². The minimum absolute atomic E-state index is 0.00331. The number of hydrogen-bond acceptors (Lipinski definition) is 4. The Labute approximate surface area is 126 Å². The van der Waals surface area contributed by atoms with Crippen molar-refractivity contribution in [3.8, 4) is 0 Å². The Morgan fingerprint density at radius 3 is 2.52 bits per heavy atom. The summed E-state index contributed by atoms with van der Waals surface area (Å²) in [5.74, 6) is -0.196.